The molecular weight excluding hydrogens is 318 g/mol. The minimum Gasteiger partial charge on any atom is -0.493 e. The van der Waals surface area contributed by atoms with Crippen LogP contribution in [0.25, 0.3) is 0 Å². The summed E-state index contributed by atoms with van der Waals surface area (Å²) in [4.78, 5) is 13.3. The summed E-state index contributed by atoms with van der Waals surface area (Å²) in [6.45, 7) is 2.21. The molecule has 0 spiro atoms. The molecule has 1 aliphatic rings. The van der Waals surface area contributed by atoms with Crippen LogP contribution >= 0.6 is 11.6 Å². The van der Waals surface area contributed by atoms with Gasteiger partial charge in [-0.3, -0.25) is 9.69 Å². The molecule has 1 aromatic rings. The second-order valence-electron chi connectivity index (χ2n) is 5.72. The second-order valence-corrected chi connectivity index (χ2v) is 6.13. The zero-order chi connectivity index (χ0) is 16.8. The van der Waals surface area contributed by atoms with Crippen LogP contribution in [-0.2, 0) is 11.3 Å². The van der Waals surface area contributed by atoms with Gasteiger partial charge in [-0.25, -0.2) is 0 Å². The molecule has 0 aromatic heterocycles. The molecule has 1 atom stereocenters. The van der Waals surface area contributed by atoms with Gasteiger partial charge in [-0.05, 0) is 37.1 Å². The van der Waals surface area contributed by atoms with Crippen LogP contribution in [0, 0.1) is 0 Å². The molecule has 1 aliphatic heterocycles. The van der Waals surface area contributed by atoms with Crippen LogP contribution in [0.15, 0.2) is 12.1 Å². The Hall–Kier alpha value is -1.50. The number of hydrogen-bond donors (Lipinski definition) is 2. The first kappa shape index (κ1) is 17.8. The van der Waals surface area contributed by atoms with Crippen molar-refractivity contribution >= 4 is 17.5 Å². The van der Waals surface area contributed by atoms with E-state index >= 15 is 0 Å². The lowest BCUT2D eigenvalue weighted by Crippen LogP contribution is -2.43. The molecule has 4 N–H and O–H groups in total. The summed E-state index contributed by atoms with van der Waals surface area (Å²) in [6, 6.07) is 4.12. The highest BCUT2D eigenvalue weighted by molar-refractivity contribution is 6.32. The number of halogens is 1. The smallest absolute Gasteiger partial charge is 0.255 e. The zero-order valence-corrected chi connectivity index (χ0v) is 14.1. The summed E-state index contributed by atoms with van der Waals surface area (Å²) >= 11 is 6.28. The fourth-order valence-corrected chi connectivity index (χ4v) is 3.21. The molecule has 23 heavy (non-hydrogen) atoms. The quantitative estimate of drug-likeness (QED) is 0.784. The summed E-state index contributed by atoms with van der Waals surface area (Å²) in [5.41, 5.74) is 12.0. The maximum Gasteiger partial charge on any atom is 0.255 e. The molecule has 0 radical (unpaired) electrons. The number of carbonyl (C=O) groups excluding carboxylic acids is 1. The van der Waals surface area contributed by atoms with Gasteiger partial charge < -0.3 is 20.9 Å². The average Bonchev–Trinajstić information content (AvgIpc) is 2.53. The molecule has 0 bridgehead atoms. The number of hydrogen-bond acceptors (Lipinski definition) is 5. The summed E-state index contributed by atoms with van der Waals surface area (Å²) in [5, 5.41) is 0.405. The minimum absolute atomic E-state index is 0.239. The van der Waals surface area contributed by atoms with Gasteiger partial charge in [0, 0.05) is 19.1 Å². The number of likely N-dealkylation sites (tertiary alicyclic amines) is 1. The number of amides is 1. The van der Waals surface area contributed by atoms with Crippen LogP contribution in [-0.4, -0.2) is 43.7 Å². The van der Waals surface area contributed by atoms with E-state index in [1.807, 2.05) is 12.1 Å². The van der Waals surface area contributed by atoms with E-state index in [-0.39, 0.29) is 6.61 Å². The van der Waals surface area contributed by atoms with Gasteiger partial charge in [0.2, 0.25) is 0 Å². The van der Waals surface area contributed by atoms with E-state index in [2.05, 4.69) is 4.90 Å². The maximum atomic E-state index is 10.9. The van der Waals surface area contributed by atoms with E-state index < -0.39 is 5.91 Å². The van der Waals surface area contributed by atoms with Gasteiger partial charge in [0.15, 0.2) is 18.1 Å². The highest BCUT2D eigenvalue weighted by atomic mass is 35.5. The van der Waals surface area contributed by atoms with Crippen molar-refractivity contribution < 1.29 is 14.3 Å². The van der Waals surface area contributed by atoms with Crippen molar-refractivity contribution in [1.29, 1.82) is 0 Å². The third-order valence-electron chi connectivity index (χ3n) is 4.05. The van der Waals surface area contributed by atoms with Gasteiger partial charge in [-0.1, -0.05) is 18.0 Å². The summed E-state index contributed by atoms with van der Waals surface area (Å²) in [7, 11) is 1.54. The Balaban J connectivity index is 2.16. The molecule has 1 amide bonds. The van der Waals surface area contributed by atoms with E-state index in [0.717, 1.165) is 25.1 Å². The van der Waals surface area contributed by atoms with E-state index in [1.165, 1.54) is 20.0 Å². The standard InChI is InChI=1S/C16H24ClN3O3/c1-22-14-7-11(6-13(17)16(14)23-10-15(19)21)9-20-5-3-2-4-12(20)8-18/h6-7,12H,2-5,8-10,18H2,1H3,(H2,19,21). The van der Waals surface area contributed by atoms with Crippen LogP contribution < -0.4 is 20.9 Å². The van der Waals surface area contributed by atoms with E-state index in [4.69, 9.17) is 32.5 Å². The van der Waals surface area contributed by atoms with Crippen LogP contribution in [0.4, 0.5) is 0 Å². The molecule has 1 unspecified atom stereocenters. The summed E-state index contributed by atoms with van der Waals surface area (Å²) in [5.74, 6) is 0.270. The van der Waals surface area contributed by atoms with Gasteiger partial charge in [0.05, 0.1) is 12.1 Å². The molecule has 0 aliphatic carbocycles. The monoisotopic (exact) mass is 341 g/mol. The zero-order valence-electron chi connectivity index (χ0n) is 13.4. The lowest BCUT2D eigenvalue weighted by Gasteiger charge is -2.35. The molecule has 1 fully saturated rings. The largest absolute Gasteiger partial charge is 0.493 e. The van der Waals surface area contributed by atoms with Crippen molar-refractivity contribution in [3.05, 3.63) is 22.7 Å². The fourth-order valence-electron chi connectivity index (χ4n) is 2.92. The number of benzene rings is 1. The molecule has 128 valence electrons. The molecule has 0 saturated carbocycles. The average molecular weight is 342 g/mol. The maximum absolute atomic E-state index is 10.9. The number of methoxy groups -OCH3 is 1. The second kappa shape index (κ2) is 8.38. The molecule has 6 nitrogen and oxygen atoms in total. The Morgan fingerprint density at radius 3 is 2.87 bits per heavy atom. The Labute approximate surface area is 141 Å². The highest BCUT2D eigenvalue weighted by Gasteiger charge is 2.22. The predicted molar refractivity (Wildman–Crippen MR) is 89.8 cm³/mol. The molecule has 7 heteroatoms. The third-order valence-corrected chi connectivity index (χ3v) is 4.34. The highest BCUT2D eigenvalue weighted by Crippen LogP contribution is 2.37. The predicted octanol–water partition coefficient (Wildman–Crippen LogP) is 1.53. The van der Waals surface area contributed by atoms with Crippen LogP contribution in [0.3, 0.4) is 0 Å². The van der Waals surface area contributed by atoms with Crippen molar-refractivity contribution in [2.75, 3.05) is 26.8 Å². The normalized spacial score (nSPS) is 18.7. The van der Waals surface area contributed by atoms with E-state index in [0.29, 0.717) is 29.1 Å². The summed E-state index contributed by atoms with van der Waals surface area (Å²) < 4.78 is 10.7. The molecule has 1 aromatic carbocycles. The van der Waals surface area contributed by atoms with Crippen LogP contribution in [0.2, 0.25) is 5.02 Å². The van der Waals surface area contributed by atoms with Gasteiger partial charge >= 0.3 is 0 Å². The Morgan fingerprint density at radius 1 is 1.43 bits per heavy atom. The van der Waals surface area contributed by atoms with Crippen molar-refractivity contribution in [1.82, 2.24) is 4.90 Å². The molecule has 1 saturated heterocycles. The number of carbonyl (C=O) groups is 1. The number of ether oxygens (including phenoxy) is 2. The lowest BCUT2D eigenvalue weighted by molar-refractivity contribution is -0.119. The van der Waals surface area contributed by atoms with Gasteiger partial charge in [-0.2, -0.15) is 0 Å². The first-order valence-corrected chi connectivity index (χ1v) is 8.14. The summed E-state index contributed by atoms with van der Waals surface area (Å²) in [6.07, 6.45) is 3.53. The fraction of sp³-hybridized carbons (Fsp3) is 0.562. The van der Waals surface area contributed by atoms with Crippen molar-refractivity contribution in [2.45, 2.75) is 31.8 Å². The molecule has 1 heterocycles. The van der Waals surface area contributed by atoms with Crippen molar-refractivity contribution in [3.8, 4) is 11.5 Å². The van der Waals surface area contributed by atoms with Crippen molar-refractivity contribution in [3.63, 3.8) is 0 Å². The molecule has 2 rings (SSSR count). The third kappa shape index (κ3) is 4.73. The Morgan fingerprint density at radius 2 is 2.22 bits per heavy atom. The number of primary amides is 1. The SMILES string of the molecule is COc1cc(CN2CCCCC2CN)cc(Cl)c1OCC(N)=O. The first-order valence-electron chi connectivity index (χ1n) is 7.76. The number of piperidine rings is 1. The van der Waals surface area contributed by atoms with E-state index in [1.54, 1.807) is 0 Å². The molecular formula is C16H24ClN3O3. The number of nitrogens with two attached hydrogens (primary N) is 2. The lowest BCUT2D eigenvalue weighted by atomic mass is 10.0. The van der Waals surface area contributed by atoms with Crippen LogP contribution in [0.5, 0.6) is 11.5 Å². The first-order chi connectivity index (χ1) is 11.0. The van der Waals surface area contributed by atoms with Gasteiger partial charge in [0.25, 0.3) is 5.91 Å². The van der Waals surface area contributed by atoms with Crippen LogP contribution in [0.1, 0.15) is 24.8 Å². The Bertz CT molecular complexity index is 554. The number of nitrogens with zero attached hydrogens (tertiary/aromatic N) is 1. The topological polar surface area (TPSA) is 90.8 Å². The van der Waals surface area contributed by atoms with Gasteiger partial charge in [-0.15, -0.1) is 0 Å². The van der Waals surface area contributed by atoms with E-state index in [9.17, 15) is 4.79 Å². The van der Waals surface area contributed by atoms with Crippen molar-refractivity contribution in [2.24, 2.45) is 11.5 Å². The number of rotatable bonds is 7. The Kier molecular flexibility index (Phi) is 6.50. The van der Waals surface area contributed by atoms with Gasteiger partial charge in [0.1, 0.15) is 0 Å². The minimum atomic E-state index is -0.564.